The van der Waals surface area contributed by atoms with E-state index < -0.39 is 78.3 Å². The van der Waals surface area contributed by atoms with Crippen LogP contribution in [-0.4, -0.2) is 20.5 Å². The second kappa shape index (κ2) is 11.5. The van der Waals surface area contributed by atoms with Crippen molar-refractivity contribution in [3.05, 3.63) is 113 Å². The molecule has 1 aliphatic carbocycles. The van der Waals surface area contributed by atoms with E-state index >= 15 is 0 Å². The third-order valence-electron chi connectivity index (χ3n) is 7.42. The van der Waals surface area contributed by atoms with E-state index in [0.717, 1.165) is 18.2 Å². The molecule has 5 rings (SSSR count). The Labute approximate surface area is 246 Å². The zero-order valence-corrected chi connectivity index (χ0v) is 22.9. The maximum absolute atomic E-state index is 14.4. The van der Waals surface area contributed by atoms with Gasteiger partial charge in [-0.25, -0.2) is 22.0 Å². The quantitative estimate of drug-likeness (QED) is 0.199. The molecule has 0 aliphatic heterocycles. The number of fused-ring (bicyclic) bond motifs is 1. The molecule has 2 aromatic heterocycles. The van der Waals surface area contributed by atoms with E-state index in [1.807, 2.05) is 0 Å². The first-order chi connectivity index (χ1) is 20.6. The molecule has 0 spiro atoms. The number of ketones is 1. The summed E-state index contributed by atoms with van der Waals surface area (Å²) in [5.74, 6) is -7.72. The molecule has 0 amide bonds. The molecule has 5 nitrogen and oxygen atoms in total. The number of benzene rings is 2. The van der Waals surface area contributed by atoms with Gasteiger partial charge in [-0.15, -0.1) is 0 Å². The number of carbonyl (C=O) groups is 1. The smallest absolute Gasteiger partial charge is 0.399 e. The van der Waals surface area contributed by atoms with Crippen LogP contribution in [0.25, 0.3) is 16.8 Å². The lowest BCUT2D eigenvalue weighted by atomic mass is 9.86. The number of hydrogen-bond donors (Lipinski definition) is 1. The minimum absolute atomic E-state index is 0.0157. The number of hydrogen-bond acceptors (Lipinski definition) is 4. The molecule has 0 saturated heterocycles. The number of alkyl halides is 5. The van der Waals surface area contributed by atoms with Crippen molar-refractivity contribution in [1.29, 1.82) is 0 Å². The summed E-state index contributed by atoms with van der Waals surface area (Å²) < 4.78 is 113. The minimum atomic E-state index is -5.16. The third kappa shape index (κ3) is 6.22. The topological polar surface area (TPSA) is 73.8 Å². The van der Waals surface area contributed by atoms with E-state index in [2.05, 4.69) is 16.7 Å². The largest absolute Gasteiger partial charge is 0.435 e. The highest BCUT2D eigenvalue weighted by molar-refractivity contribution is 5.80. The van der Waals surface area contributed by atoms with Gasteiger partial charge in [0.2, 0.25) is 0 Å². The number of rotatable bonds is 9. The SMILES string of the molecule is C=C(N)c1cc(-c2cccnc2[C@@H](CC(=O)Cn2nc(C(F)(F)F)c3c2CCC3(F)F)Cc2cc(F)cc(F)c2)ccc1F. The highest BCUT2D eigenvalue weighted by Gasteiger charge is 2.51. The number of Topliss-reactive ketones (excluding diaryl/α,β-unsaturated/α-hetero) is 1. The van der Waals surface area contributed by atoms with Crippen LogP contribution in [0.5, 0.6) is 0 Å². The highest BCUT2D eigenvalue weighted by Crippen LogP contribution is 2.47. The van der Waals surface area contributed by atoms with Gasteiger partial charge in [-0.05, 0) is 54.3 Å². The molecule has 2 heterocycles. The van der Waals surface area contributed by atoms with Gasteiger partial charge in [-0.1, -0.05) is 18.7 Å². The molecule has 0 radical (unpaired) electrons. The van der Waals surface area contributed by atoms with Crippen molar-refractivity contribution in [2.45, 2.75) is 50.2 Å². The van der Waals surface area contributed by atoms with E-state index in [-0.39, 0.29) is 34.6 Å². The molecule has 44 heavy (non-hydrogen) atoms. The van der Waals surface area contributed by atoms with Crippen molar-refractivity contribution in [2.75, 3.05) is 0 Å². The van der Waals surface area contributed by atoms with Crippen molar-refractivity contribution < 1.29 is 39.9 Å². The second-order valence-electron chi connectivity index (χ2n) is 10.6. The van der Waals surface area contributed by atoms with Crippen LogP contribution < -0.4 is 5.73 Å². The van der Waals surface area contributed by atoms with Gasteiger partial charge < -0.3 is 5.73 Å². The van der Waals surface area contributed by atoms with Crippen LogP contribution in [0.15, 0.2) is 61.3 Å². The molecular formula is C31H24F8N4O. The van der Waals surface area contributed by atoms with E-state index in [0.29, 0.717) is 21.9 Å². The monoisotopic (exact) mass is 620 g/mol. The third-order valence-corrected chi connectivity index (χ3v) is 7.42. The standard InChI is InChI=1S/C31H24F8N4O/c1-16(40)24-13-18(4-5-25(24)34)23-3-2-8-41-28(23)19(9-17-10-20(32)14-21(33)11-17)12-22(44)15-43-26-6-7-30(35,36)27(26)29(42-43)31(37,38)39/h2-5,8,10-11,13-14,19H,1,6-7,9,12,15,40H2/t19-/m1/s1. The zero-order chi connectivity index (χ0) is 32.0. The number of nitrogens with two attached hydrogens (primary N) is 1. The maximum Gasteiger partial charge on any atom is 0.435 e. The second-order valence-corrected chi connectivity index (χ2v) is 10.6. The molecule has 0 bridgehead atoms. The number of nitrogens with zero attached hydrogens (tertiary/aromatic N) is 3. The van der Waals surface area contributed by atoms with Crippen LogP contribution in [-0.2, 0) is 36.3 Å². The van der Waals surface area contributed by atoms with Crippen LogP contribution in [0.3, 0.4) is 0 Å². The molecule has 1 aliphatic rings. The Morgan fingerprint density at radius 2 is 1.77 bits per heavy atom. The fourth-order valence-corrected chi connectivity index (χ4v) is 5.58. The number of pyridine rings is 1. The first-order valence-corrected chi connectivity index (χ1v) is 13.4. The summed E-state index contributed by atoms with van der Waals surface area (Å²) in [6.45, 7) is 2.81. The predicted octanol–water partition coefficient (Wildman–Crippen LogP) is 7.33. The summed E-state index contributed by atoms with van der Waals surface area (Å²) >= 11 is 0. The molecule has 4 aromatic rings. The average Bonchev–Trinajstić information content (AvgIpc) is 3.45. The number of aromatic nitrogens is 3. The van der Waals surface area contributed by atoms with Crippen molar-refractivity contribution in [3.8, 4) is 11.1 Å². The minimum Gasteiger partial charge on any atom is -0.399 e. The maximum atomic E-state index is 14.4. The Bertz CT molecular complexity index is 1740. The lowest BCUT2D eigenvalue weighted by Gasteiger charge is -2.20. The highest BCUT2D eigenvalue weighted by atomic mass is 19.4. The van der Waals surface area contributed by atoms with Gasteiger partial charge in [0, 0.05) is 53.5 Å². The number of halogens is 8. The summed E-state index contributed by atoms with van der Waals surface area (Å²) in [4.78, 5) is 17.8. The molecule has 0 saturated carbocycles. The summed E-state index contributed by atoms with van der Waals surface area (Å²) in [6.07, 6.45) is -5.56. The summed E-state index contributed by atoms with van der Waals surface area (Å²) in [6, 6.07) is 10.0. The van der Waals surface area contributed by atoms with E-state index in [1.165, 1.54) is 18.3 Å². The number of carbonyl (C=O) groups excluding carboxylic acids is 1. The first-order valence-electron chi connectivity index (χ1n) is 13.4. The fraction of sp³-hybridized carbons (Fsp3) is 0.258. The van der Waals surface area contributed by atoms with Gasteiger partial charge in [0.15, 0.2) is 11.5 Å². The Morgan fingerprint density at radius 3 is 2.43 bits per heavy atom. The van der Waals surface area contributed by atoms with Gasteiger partial charge in [0.1, 0.15) is 17.5 Å². The molecule has 2 N–H and O–H groups in total. The average molecular weight is 621 g/mol. The van der Waals surface area contributed by atoms with Crippen LogP contribution in [0.1, 0.15) is 52.5 Å². The predicted molar refractivity (Wildman–Crippen MR) is 145 cm³/mol. The normalized spacial score (nSPS) is 14.8. The van der Waals surface area contributed by atoms with Crippen LogP contribution in [0.4, 0.5) is 35.1 Å². The van der Waals surface area contributed by atoms with E-state index in [9.17, 15) is 39.9 Å². The Hall–Kier alpha value is -4.55. The summed E-state index contributed by atoms with van der Waals surface area (Å²) in [7, 11) is 0. The van der Waals surface area contributed by atoms with Crippen molar-refractivity contribution in [1.82, 2.24) is 14.8 Å². The molecular weight excluding hydrogens is 596 g/mol. The van der Waals surface area contributed by atoms with Gasteiger partial charge in [0.25, 0.3) is 5.92 Å². The first kappa shape index (κ1) is 30.9. The summed E-state index contributed by atoms with van der Waals surface area (Å²) in [5.41, 5.74) is 3.61. The Kier molecular flexibility index (Phi) is 8.08. The van der Waals surface area contributed by atoms with Crippen LogP contribution in [0.2, 0.25) is 0 Å². The lowest BCUT2D eigenvalue weighted by molar-refractivity contribution is -0.145. The van der Waals surface area contributed by atoms with Crippen LogP contribution in [0, 0.1) is 17.5 Å². The Morgan fingerprint density at radius 1 is 1.07 bits per heavy atom. The zero-order valence-electron chi connectivity index (χ0n) is 22.9. The molecule has 13 heteroatoms. The van der Waals surface area contributed by atoms with Crippen molar-refractivity contribution in [2.24, 2.45) is 5.73 Å². The van der Waals surface area contributed by atoms with Gasteiger partial charge in [-0.3, -0.25) is 14.5 Å². The molecule has 230 valence electrons. The molecule has 1 atom stereocenters. The lowest BCUT2D eigenvalue weighted by Crippen LogP contribution is -2.19. The van der Waals surface area contributed by atoms with Crippen molar-refractivity contribution in [3.63, 3.8) is 0 Å². The summed E-state index contributed by atoms with van der Waals surface area (Å²) in [5, 5.41) is 3.35. The van der Waals surface area contributed by atoms with E-state index in [1.54, 1.807) is 12.1 Å². The Balaban J connectivity index is 1.54. The molecule has 0 unspecified atom stereocenters. The van der Waals surface area contributed by atoms with Crippen molar-refractivity contribution >= 4 is 11.5 Å². The van der Waals surface area contributed by atoms with Gasteiger partial charge >= 0.3 is 6.18 Å². The van der Waals surface area contributed by atoms with E-state index in [4.69, 9.17) is 5.73 Å². The molecule has 2 aromatic carbocycles. The molecule has 0 fully saturated rings. The van der Waals surface area contributed by atoms with Gasteiger partial charge in [0.05, 0.1) is 17.8 Å². The fourth-order valence-electron chi connectivity index (χ4n) is 5.58. The van der Waals surface area contributed by atoms with Crippen LogP contribution >= 0.6 is 0 Å². The van der Waals surface area contributed by atoms with Gasteiger partial charge in [-0.2, -0.15) is 18.3 Å².